The summed E-state index contributed by atoms with van der Waals surface area (Å²) in [5, 5.41) is 0. The Morgan fingerprint density at radius 1 is 1.06 bits per heavy atom. The molecule has 2 heterocycles. The molecule has 9 heteroatoms. The van der Waals surface area contributed by atoms with Crippen molar-refractivity contribution in [3.63, 3.8) is 0 Å². The monoisotopic (exact) mass is 444 g/mol. The van der Waals surface area contributed by atoms with E-state index < -0.39 is 15.8 Å². The van der Waals surface area contributed by atoms with Crippen LogP contribution in [0, 0.1) is 0 Å². The fraction of sp³-hybridized carbons (Fsp3) is 0.364. The summed E-state index contributed by atoms with van der Waals surface area (Å²) in [4.78, 5) is 25.1. The molecule has 0 spiro atoms. The molecule has 1 aliphatic rings. The molecule has 0 saturated carbocycles. The number of nitrogens with zero attached hydrogens (tertiary/aromatic N) is 2. The van der Waals surface area contributed by atoms with Crippen molar-refractivity contribution in [1.29, 1.82) is 0 Å². The highest BCUT2D eigenvalue weighted by atomic mass is 32.2. The number of ketones is 1. The molecule has 164 valence electrons. The number of carbonyl (C=O) groups excluding carboxylic acids is 1. The highest BCUT2D eigenvalue weighted by Crippen LogP contribution is 2.24. The highest BCUT2D eigenvalue weighted by molar-refractivity contribution is 7.89. The molecule has 1 saturated heterocycles. The van der Waals surface area contributed by atoms with Gasteiger partial charge < -0.3 is 9.15 Å². The van der Waals surface area contributed by atoms with E-state index in [0.717, 1.165) is 19.3 Å². The Balaban J connectivity index is 1.60. The second kappa shape index (κ2) is 8.68. The molecule has 0 N–H and O–H groups in total. The van der Waals surface area contributed by atoms with Crippen LogP contribution in [0.5, 0.6) is 5.75 Å². The zero-order chi connectivity index (χ0) is 22.0. The van der Waals surface area contributed by atoms with E-state index in [0.29, 0.717) is 36.5 Å². The van der Waals surface area contributed by atoms with Crippen LogP contribution in [0.15, 0.2) is 56.6 Å². The molecule has 0 radical (unpaired) electrons. The first kappa shape index (κ1) is 21.3. The van der Waals surface area contributed by atoms with Gasteiger partial charge in [-0.3, -0.25) is 9.36 Å². The van der Waals surface area contributed by atoms with Crippen molar-refractivity contribution in [2.45, 2.75) is 37.6 Å². The first-order valence-corrected chi connectivity index (χ1v) is 11.7. The zero-order valence-electron chi connectivity index (χ0n) is 17.2. The predicted molar refractivity (Wildman–Crippen MR) is 115 cm³/mol. The summed E-state index contributed by atoms with van der Waals surface area (Å²) in [6, 6.07) is 11.0. The average Bonchev–Trinajstić information content (AvgIpc) is 3.09. The molecule has 0 amide bonds. The number of Topliss-reactive ketones (excluding diaryl/α,β-unsaturated/α-hetero) is 1. The number of piperidine rings is 1. The van der Waals surface area contributed by atoms with Gasteiger partial charge in [0.2, 0.25) is 10.0 Å². The molecule has 8 nitrogen and oxygen atoms in total. The lowest BCUT2D eigenvalue weighted by atomic mass is 10.1. The fourth-order valence-electron chi connectivity index (χ4n) is 3.75. The van der Waals surface area contributed by atoms with E-state index in [4.69, 9.17) is 9.15 Å². The number of ether oxygens (including phenoxy) is 1. The summed E-state index contributed by atoms with van der Waals surface area (Å²) in [5.41, 5.74) is 0.957. The van der Waals surface area contributed by atoms with Crippen LogP contribution in [-0.2, 0) is 16.6 Å². The summed E-state index contributed by atoms with van der Waals surface area (Å²) in [7, 11) is -3.65. The lowest BCUT2D eigenvalue weighted by molar-refractivity contribution is 0.0970. The van der Waals surface area contributed by atoms with E-state index in [1.165, 1.54) is 27.1 Å². The molecule has 0 aliphatic carbocycles. The van der Waals surface area contributed by atoms with Crippen molar-refractivity contribution < 1.29 is 22.4 Å². The van der Waals surface area contributed by atoms with Crippen molar-refractivity contribution in [1.82, 2.24) is 8.87 Å². The van der Waals surface area contributed by atoms with Gasteiger partial charge >= 0.3 is 5.76 Å². The van der Waals surface area contributed by atoms with Crippen LogP contribution in [0.3, 0.4) is 0 Å². The Labute approximate surface area is 180 Å². The Morgan fingerprint density at radius 3 is 2.45 bits per heavy atom. The fourth-order valence-corrected chi connectivity index (χ4v) is 5.28. The third kappa shape index (κ3) is 4.28. The minimum atomic E-state index is -3.65. The number of hydrogen-bond donors (Lipinski definition) is 0. The maximum absolute atomic E-state index is 12.9. The van der Waals surface area contributed by atoms with Gasteiger partial charge in [0, 0.05) is 24.7 Å². The third-order valence-corrected chi connectivity index (χ3v) is 7.28. The van der Waals surface area contributed by atoms with Crippen molar-refractivity contribution in [3.8, 4) is 5.75 Å². The van der Waals surface area contributed by atoms with E-state index in [9.17, 15) is 18.0 Å². The number of oxazole rings is 1. The lowest BCUT2D eigenvalue weighted by Gasteiger charge is -2.25. The Morgan fingerprint density at radius 2 is 1.77 bits per heavy atom. The van der Waals surface area contributed by atoms with Gasteiger partial charge in [-0.05, 0) is 56.2 Å². The molecule has 0 atom stereocenters. The van der Waals surface area contributed by atoms with E-state index in [-0.39, 0.29) is 22.8 Å². The molecule has 3 aromatic rings. The van der Waals surface area contributed by atoms with Crippen molar-refractivity contribution >= 4 is 26.9 Å². The van der Waals surface area contributed by atoms with Crippen LogP contribution in [0.4, 0.5) is 0 Å². The van der Waals surface area contributed by atoms with Crippen LogP contribution in [-0.4, -0.2) is 42.8 Å². The highest BCUT2D eigenvalue weighted by Gasteiger charge is 2.27. The van der Waals surface area contributed by atoms with Gasteiger partial charge in [-0.15, -0.1) is 0 Å². The minimum absolute atomic E-state index is 0.0839. The first-order valence-electron chi connectivity index (χ1n) is 10.3. The zero-order valence-corrected chi connectivity index (χ0v) is 18.1. The molecule has 1 aromatic heterocycles. The number of rotatable bonds is 7. The maximum atomic E-state index is 12.9. The van der Waals surface area contributed by atoms with E-state index in [2.05, 4.69) is 0 Å². The van der Waals surface area contributed by atoms with Crippen LogP contribution in [0.1, 0.15) is 36.5 Å². The molecule has 0 unspecified atom stereocenters. The number of benzene rings is 2. The summed E-state index contributed by atoms with van der Waals surface area (Å²) < 4.78 is 39.1. The molecule has 4 rings (SSSR count). The Bertz CT molecular complexity index is 1250. The summed E-state index contributed by atoms with van der Waals surface area (Å²) in [6.45, 7) is 3.17. The molecule has 1 aliphatic heterocycles. The summed E-state index contributed by atoms with van der Waals surface area (Å²) in [6.07, 6.45) is 2.69. The second-order valence-corrected chi connectivity index (χ2v) is 9.37. The molecule has 31 heavy (non-hydrogen) atoms. The second-order valence-electron chi connectivity index (χ2n) is 7.43. The first-order chi connectivity index (χ1) is 14.9. The molecule has 0 bridgehead atoms. The molecule has 2 aromatic carbocycles. The Hall–Kier alpha value is -2.91. The quantitative estimate of drug-likeness (QED) is 0.520. The SMILES string of the molecule is CCOc1ccc(C(=O)Cn2c(=O)oc3cc(S(=O)(=O)N4CCCCC4)ccc32)cc1. The predicted octanol–water partition coefficient (Wildman–Crippen LogP) is 3.05. The smallest absolute Gasteiger partial charge is 0.420 e. The standard InChI is InChI=1S/C22H24N2O6S/c1-2-29-17-8-6-16(7-9-17)20(25)15-24-19-11-10-18(14-21(19)30-22(24)26)31(27,28)23-12-4-3-5-13-23/h6-11,14H,2-5,12-13,15H2,1H3. The number of fused-ring (bicyclic) bond motifs is 1. The van der Waals surface area contributed by atoms with Crippen LogP contribution >= 0.6 is 0 Å². The van der Waals surface area contributed by atoms with Crippen molar-refractivity contribution in [2.24, 2.45) is 0 Å². The van der Waals surface area contributed by atoms with Crippen molar-refractivity contribution in [2.75, 3.05) is 19.7 Å². The van der Waals surface area contributed by atoms with Gasteiger partial charge in [-0.25, -0.2) is 13.2 Å². The maximum Gasteiger partial charge on any atom is 0.420 e. The largest absolute Gasteiger partial charge is 0.494 e. The number of carbonyl (C=O) groups is 1. The van der Waals surface area contributed by atoms with Crippen LogP contribution in [0.2, 0.25) is 0 Å². The normalized spacial score (nSPS) is 15.3. The number of sulfonamides is 1. The van der Waals surface area contributed by atoms with Gasteiger partial charge in [-0.2, -0.15) is 4.31 Å². The lowest BCUT2D eigenvalue weighted by Crippen LogP contribution is -2.35. The Kier molecular flexibility index (Phi) is 5.97. The minimum Gasteiger partial charge on any atom is -0.494 e. The van der Waals surface area contributed by atoms with E-state index >= 15 is 0 Å². The molecular weight excluding hydrogens is 420 g/mol. The van der Waals surface area contributed by atoms with E-state index in [1.807, 2.05) is 6.92 Å². The average molecular weight is 445 g/mol. The van der Waals surface area contributed by atoms with E-state index in [1.54, 1.807) is 24.3 Å². The van der Waals surface area contributed by atoms with Gasteiger partial charge in [0.25, 0.3) is 0 Å². The van der Waals surface area contributed by atoms with Gasteiger partial charge in [0.1, 0.15) is 5.75 Å². The van der Waals surface area contributed by atoms with Crippen molar-refractivity contribution in [3.05, 3.63) is 58.6 Å². The summed E-state index contributed by atoms with van der Waals surface area (Å²) >= 11 is 0. The topological polar surface area (TPSA) is 98.8 Å². The van der Waals surface area contributed by atoms with Gasteiger partial charge in [0.05, 0.1) is 23.6 Å². The number of hydrogen-bond acceptors (Lipinski definition) is 6. The molecular formula is C22H24N2O6S. The van der Waals surface area contributed by atoms with Gasteiger partial charge in [-0.1, -0.05) is 6.42 Å². The summed E-state index contributed by atoms with van der Waals surface area (Å²) in [5.74, 6) is -0.313. The van der Waals surface area contributed by atoms with Crippen LogP contribution < -0.4 is 10.5 Å². The van der Waals surface area contributed by atoms with Gasteiger partial charge in [0.15, 0.2) is 11.4 Å². The number of aromatic nitrogens is 1. The van der Waals surface area contributed by atoms with Crippen LogP contribution in [0.25, 0.3) is 11.1 Å². The molecule has 1 fully saturated rings. The third-order valence-electron chi connectivity index (χ3n) is 5.38.